The van der Waals surface area contributed by atoms with Crippen LogP contribution in [0.15, 0.2) is 29.4 Å². The predicted molar refractivity (Wildman–Crippen MR) is 92.7 cm³/mol. The fraction of sp³-hybridized carbons (Fsp3) is 0.500. The first-order chi connectivity index (χ1) is 12.7. The molecule has 146 valence electrons. The van der Waals surface area contributed by atoms with Crippen molar-refractivity contribution in [3.05, 3.63) is 35.4 Å². The van der Waals surface area contributed by atoms with Crippen molar-refractivity contribution in [1.29, 1.82) is 0 Å². The van der Waals surface area contributed by atoms with E-state index in [1.54, 1.807) is 4.90 Å². The van der Waals surface area contributed by atoms with E-state index in [9.17, 15) is 22.8 Å². The molecule has 0 radical (unpaired) electrons. The summed E-state index contributed by atoms with van der Waals surface area (Å²) in [6, 6.07) is 5.16. The van der Waals surface area contributed by atoms with E-state index in [1.165, 1.54) is 24.2 Å². The molecule has 0 N–H and O–H groups in total. The second-order valence-electron chi connectivity index (χ2n) is 6.73. The van der Waals surface area contributed by atoms with Crippen molar-refractivity contribution in [3.63, 3.8) is 0 Å². The highest BCUT2D eigenvalue weighted by atomic mass is 19.4. The molecule has 27 heavy (non-hydrogen) atoms. The minimum atomic E-state index is -4.33. The van der Waals surface area contributed by atoms with Crippen LogP contribution >= 0.6 is 0 Å². The molecule has 0 spiro atoms. The Morgan fingerprint density at radius 2 is 1.70 bits per heavy atom. The molecule has 6 nitrogen and oxygen atoms in total. The predicted octanol–water partition coefficient (Wildman–Crippen LogP) is 1.96. The molecule has 2 heterocycles. The minimum absolute atomic E-state index is 0.104. The van der Waals surface area contributed by atoms with Crippen molar-refractivity contribution < 1.29 is 22.8 Å². The zero-order valence-electron chi connectivity index (χ0n) is 15.0. The van der Waals surface area contributed by atoms with Gasteiger partial charge in [0.05, 0.1) is 5.56 Å². The first-order valence-corrected chi connectivity index (χ1v) is 8.76. The zero-order valence-corrected chi connectivity index (χ0v) is 15.0. The lowest BCUT2D eigenvalue weighted by molar-refractivity contribution is -0.137. The van der Waals surface area contributed by atoms with Gasteiger partial charge in [-0.05, 0) is 17.7 Å². The summed E-state index contributed by atoms with van der Waals surface area (Å²) < 4.78 is 37.9. The van der Waals surface area contributed by atoms with Gasteiger partial charge >= 0.3 is 6.18 Å². The van der Waals surface area contributed by atoms with Crippen LogP contribution in [0.25, 0.3) is 0 Å². The normalized spacial score (nSPS) is 19.3. The second-order valence-corrected chi connectivity index (χ2v) is 6.73. The van der Waals surface area contributed by atoms with Crippen LogP contribution < -0.4 is 0 Å². The molecule has 2 aliphatic rings. The zero-order chi connectivity index (χ0) is 19.6. The van der Waals surface area contributed by atoms with Gasteiger partial charge in [0.15, 0.2) is 0 Å². The number of hydrogen-bond acceptors (Lipinski definition) is 4. The molecule has 1 aromatic carbocycles. The number of carbonyl (C=O) groups is 2. The lowest BCUT2D eigenvalue weighted by Crippen LogP contribution is -2.51. The summed E-state index contributed by atoms with van der Waals surface area (Å²) in [6.45, 7) is 2.86. The third-order valence-corrected chi connectivity index (χ3v) is 4.80. The van der Waals surface area contributed by atoms with E-state index >= 15 is 0 Å². The van der Waals surface area contributed by atoms with E-state index in [4.69, 9.17) is 0 Å². The third-order valence-electron chi connectivity index (χ3n) is 4.80. The number of alkyl halides is 3. The molecule has 1 aromatic rings. The number of hydrogen-bond donors (Lipinski definition) is 0. The number of amides is 2. The van der Waals surface area contributed by atoms with Crippen molar-refractivity contribution in [2.75, 3.05) is 33.2 Å². The minimum Gasteiger partial charge on any atom is -0.335 e. The Morgan fingerprint density at radius 3 is 2.26 bits per heavy atom. The van der Waals surface area contributed by atoms with Crippen LogP contribution in [0, 0.1) is 0 Å². The number of carbonyl (C=O) groups excluding carboxylic acids is 2. The van der Waals surface area contributed by atoms with Gasteiger partial charge in [0.25, 0.3) is 5.91 Å². The van der Waals surface area contributed by atoms with Crippen LogP contribution in [0.1, 0.15) is 24.0 Å². The third kappa shape index (κ3) is 4.65. The molecule has 0 unspecified atom stereocenters. The molecule has 1 saturated heterocycles. The summed E-state index contributed by atoms with van der Waals surface area (Å²) in [5, 5.41) is 5.26. The molecule has 0 saturated carbocycles. The number of benzene rings is 1. The van der Waals surface area contributed by atoms with Crippen molar-refractivity contribution in [2.24, 2.45) is 5.10 Å². The first-order valence-electron chi connectivity index (χ1n) is 8.76. The molecule has 0 bridgehead atoms. The molecule has 2 amide bonds. The van der Waals surface area contributed by atoms with Gasteiger partial charge in [-0.25, -0.2) is 5.01 Å². The van der Waals surface area contributed by atoms with Crippen LogP contribution in [-0.2, 0) is 22.3 Å². The average Bonchev–Trinajstić information content (AvgIpc) is 2.64. The van der Waals surface area contributed by atoms with E-state index in [0.717, 1.165) is 17.7 Å². The molecule has 0 aliphatic carbocycles. The van der Waals surface area contributed by atoms with E-state index in [2.05, 4.69) is 10.0 Å². The van der Waals surface area contributed by atoms with Crippen molar-refractivity contribution >= 4 is 17.5 Å². The largest absolute Gasteiger partial charge is 0.416 e. The Bertz CT molecular complexity index is 738. The molecule has 9 heteroatoms. The van der Waals surface area contributed by atoms with E-state index < -0.39 is 11.7 Å². The number of rotatable bonds is 3. The molecule has 3 rings (SSSR count). The molecule has 2 aliphatic heterocycles. The summed E-state index contributed by atoms with van der Waals surface area (Å²) in [4.78, 5) is 27.8. The number of nitrogens with zero attached hydrogens (tertiary/aromatic N) is 4. The van der Waals surface area contributed by atoms with Gasteiger partial charge in [0.1, 0.15) is 5.71 Å². The topological polar surface area (TPSA) is 56.2 Å². The SMILES string of the molecule is CN1N=C(C(=O)N2CCN(Cc3ccc(C(F)(F)F)cc3)CC2)CCC1=O. The highest BCUT2D eigenvalue weighted by molar-refractivity contribution is 6.39. The van der Waals surface area contributed by atoms with Gasteiger partial charge in [-0.1, -0.05) is 12.1 Å². The Kier molecular flexibility index (Phi) is 5.50. The van der Waals surface area contributed by atoms with Crippen molar-refractivity contribution in [3.8, 4) is 0 Å². The number of hydrazone groups is 1. The maximum Gasteiger partial charge on any atom is 0.416 e. The Balaban J connectivity index is 1.52. The molecular weight excluding hydrogens is 361 g/mol. The average molecular weight is 382 g/mol. The van der Waals surface area contributed by atoms with Gasteiger partial charge < -0.3 is 4.90 Å². The van der Waals surface area contributed by atoms with Crippen molar-refractivity contribution in [1.82, 2.24) is 14.8 Å². The molecule has 1 fully saturated rings. The van der Waals surface area contributed by atoms with Crippen LogP contribution in [0.2, 0.25) is 0 Å². The molecule has 0 aromatic heterocycles. The fourth-order valence-electron chi connectivity index (χ4n) is 3.17. The Labute approximate surface area is 155 Å². The van der Waals surface area contributed by atoms with Gasteiger partial charge in [-0.15, -0.1) is 0 Å². The van der Waals surface area contributed by atoms with Gasteiger partial charge in [-0.3, -0.25) is 14.5 Å². The quantitative estimate of drug-likeness (QED) is 0.803. The van der Waals surface area contributed by atoms with Gasteiger partial charge in [0.2, 0.25) is 5.91 Å². The van der Waals surface area contributed by atoms with E-state index in [0.29, 0.717) is 44.9 Å². The van der Waals surface area contributed by atoms with E-state index in [-0.39, 0.29) is 18.2 Å². The van der Waals surface area contributed by atoms with Gasteiger partial charge in [0, 0.05) is 52.6 Å². The maximum atomic E-state index is 12.6. The number of halogens is 3. The van der Waals surface area contributed by atoms with Crippen molar-refractivity contribution in [2.45, 2.75) is 25.6 Å². The highest BCUT2D eigenvalue weighted by Gasteiger charge is 2.30. The maximum absolute atomic E-state index is 12.6. The van der Waals surface area contributed by atoms with Crippen LogP contribution in [0.4, 0.5) is 13.2 Å². The summed E-state index contributed by atoms with van der Waals surface area (Å²) in [6.07, 6.45) is -3.69. The van der Waals surface area contributed by atoms with Crippen LogP contribution in [0.3, 0.4) is 0 Å². The van der Waals surface area contributed by atoms with Crippen LogP contribution in [-0.4, -0.2) is 65.6 Å². The summed E-state index contributed by atoms with van der Waals surface area (Å²) in [7, 11) is 1.54. The lowest BCUT2D eigenvalue weighted by atomic mass is 10.1. The number of piperazine rings is 1. The monoisotopic (exact) mass is 382 g/mol. The smallest absolute Gasteiger partial charge is 0.335 e. The standard InChI is InChI=1S/C18H21F3N4O2/c1-23-16(26)7-6-15(22-23)17(27)25-10-8-24(9-11-25)12-13-2-4-14(5-3-13)18(19,20)21/h2-5H,6-12H2,1H3. The summed E-state index contributed by atoms with van der Waals surface area (Å²) in [5.74, 6) is -0.253. The van der Waals surface area contributed by atoms with E-state index in [1.807, 2.05) is 0 Å². The first kappa shape index (κ1) is 19.3. The van der Waals surface area contributed by atoms with Crippen LogP contribution in [0.5, 0.6) is 0 Å². The highest BCUT2D eigenvalue weighted by Crippen LogP contribution is 2.29. The second kappa shape index (κ2) is 7.67. The molecular formula is C18H21F3N4O2. The Hall–Kier alpha value is -2.42. The van der Waals surface area contributed by atoms with Gasteiger partial charge in [-0.2, -0.15) is 18.3 Å². The lowest BCUT2D eigenvalue weighted by Gasteiger charge is -2.35. The summed E-state index contributed by atoms with van der Waals surface area (Å²) >= 11 is 0. The molecule has 0 atom stereocenters. The fourth-order valence-corrected chi connectivity index (χ4v) is 3.17. The summed E-state index contributed by atoms with van der Waals surface area (Å²) in [5.41, 5.74) is 0.547. The Morgan fingerprint density at radius 1 is 1.07 bits per heavy atom.